The third-order valence-corrected chi connectivity index (χ3v) is 1.04. The molecule has 13 heavy (non-hydrogen) atoms. The summed E-state index contributed by atoms with van der Waals surface area (Å²) in [6.07, 6.45) is -2.04. The highest BCUT2D eigenvalue weighted by molar-refractivity contribution is 6.19. The van der Waals surface area contributed by atoms with Gasteiger partial charge in [-0.25, -0.2) is 9.59 Å². The summed E-state index contributed by atoms with van der Waals surface area (Å²) in [5.74, 6) is 0. The summed E-state index contributed by atoms with van der Waals surface area (Å²) in [4.78, 5) is 25.5. The highest BCUT2D eigenvalue weighted by Gasteiger charge is 2.18. The Balaban J connectivity index is 3.78. The van der Waals surface area contributed by atoms with Crippen molar-refractivity contribution in [3.63, 3.8) is 0 Å². The maximum absolute atomic E-state index is 10.7. The summed E-state index contributed by atoms with van der Waals surface area (Å²) < 4.78 is 8.89. The predicted molar refractivity (Wildman–Crippen MR) is 42.8 cm³/mol. The third-order valence-electron chi connectivity index (χ3n) is 0.828. The number of hydrogen-bond donors (Lipinski definition) is 0. The first-order chi connectivity index (χ1) is 6.11. The van der Waals surface area contributed by atoms with Gasteiger partial charge < -0.3 is 9.47 Å². The molecule has 0 spiro atoms. The molecule has 0 aromatic carbocycles. The minimum Gasteiger partial charge on any atom is -0.447 e. The van der Waals surface area contributed by atoms with Crippen molar-refractivity contribution in [2.75, 3.05) is 13.2 Å². The summed E-state index contributed by atoms with van der Waals surface area (Å²) in [6, 6.07) is 0. The van der Waals surface area contributed by atoms with Crippen LogP contribution in [-0.2, 0) is 14.3 Å². The molecule has 0 fully saturated rings. The van der Waals surface area contributed by atoms with Crippen LogP contribution in [0.5, 0.6) is 0 Å². The van der Waals surface area contributed by atoms with Crippen molar-refractivity contribution in [1.82, 2.24) is 4.58 Å². The van der Waals surface area contributed by atoms with Gasteiger partial charge in [-0.1, -0.05) is 0 Å². The van der Waals surface area contributed by atoms with Crippen LogP contribution in [0.2, 0.25) is 0 Å². The van der Waals surface area contributed by atoms with Gasteiger partial charge >= 0.3 is 12.2 Å². The molecule has 0 bridgehead atoms. The molecule has 0 heterocycles. The van der Waals surface area contributed by atoms with Crippen LogP contribution in [-0.4, -0.2) is 30.0 Å². The zero-order chi connectivity index (χ0) is 10.3. The summed E-state index contributed by atoms with van der Waals surface area (Å²) in [7, 11) is 0. The van der Waals surface area contributed by atoms with Gasteiger partial charge in [0.05, 0.1) is 25.0 Å². The number of nitrogens with zero attached hydrogens (tertiary/aromatic N) is 1. The highest BCUT2D eigenvalue weighted by atomic mass is 35.5. The number of hydrogen-bond acceptors (Lipinski definition) is 5. The van der Waals surface area contributed by atoms with Gasteiger partial charge in [-0.2, -0.15) is 0 Å². The molecule has 0 aliphatic carbocycles. The van der Waals surface area contributed by atoms with Gasteiger partial charge in [0.1, 0.15) is 0 Å². The van der Waals surface area contributed by atoms with Crippen molar-refractivity contribution in [3.8, 4) is 0 Å². The maximum Gasteiger partial charge on any atom is 0.534 e. The Morgan fingerprint density at radius 2 is 1.77 bits per heavy atom. The molecule has 0 N–H and O–H groups in total. The Bertz CT molecular complexity index is 186. The molecular weight excluding hydrogens is 202 g/mol. The molecule has 0 radical (unpaired) electrons. The number of hydroxylamine groups is 1. The number of ether oxygens (including phenoxy) is 2. The van der Waals surface area contributed by atoms with E-state index in [1.165, 1.54) is 0 Å². The Kier molecular flexibility index (Phi) is 5.79. The number of rotatable bonds is 2. The van der Waals surface area contributed by atoms with E-state index in [0.717, 1.165) is 0 Å². The van der Waals surface area contributed by atoms with Crippen LogP contribution in [0.15, 0.2) is 0 Å². The van der Waals surface area contributed by atoms with Crippen LogP contribution in [0.1, 0.15) is 13.8 Å². The van der Waals surface area contributed by atoms with Crippen LogP contribution in [0.4, 0.5) is 9.59 Å². The average Bonchev–Trinajstić information content (AvgIpc) is 2.05. The zero-order valence-corrected chi connectivity index (χ0v) is 8.04. The second-order valence-electron chi connectivity index (χ2n) is 1.72. The zero-order valence-electron chi connectivity index (χ0n) is 7.28. The Morgan fingerprint density at radius 1 is 1.23 bits per heavy atom. The van der Waals surface area contributed by atoms with E-state index in [2.05, 4.69) is 14.3 Å². The summed E-state index contributed by atoms with van der Waals surface area (Å²) in [6.45, 7) is 3.44. The van der Waals surface area contributed by atoms with Crippen molar-refractivity contribution < 1.29 is 23.9 Å². The summed E-state index contributed by atoms with van der Waals surface area (Å²) in [5, 5.41) is 0. The lowest BCUT2D eigenvalue weighted by Gasteiger charge is -2.10. The lowest BCUT2D eigenvalue weighted by Crippen LogP contribution is -2.26. The van der Waals surface area contributed by atoms with Gasteiger partial charge in [0.15, 0.2) is 0 Å². The smallest absolute Gasteiger partial charge is 0.447 e. The standard InChI is InChI=1S/C6H10ClNO5/c1-3-11-5(9)8(7)13-6(10)12-4-2/h3-4H2,1-2H3. The lowest BCUT2D eigenvalue weighted by atomic mass is 10.9. The minimum absolute atomic E-state index is 0.131. The molecule has 76 valence electrons. The summed E-state index contributed by atoms with van der Waals surface area (Å²) >= 11 is 5.18. The first-order valence-electron chi connectivity index (χ1n) is 3.59. The Hall–Kier alpha value is -1.17. The molecule has 0 saturated heterocycles. The highest BCUT2D eigenvalue weighted by Crippen LogP contribution is 2.01. The Morgan fingerprint density at radius 3 is 2.23 bits per heavy atom. The quantitative estimate of drug-likeness (QED) is 0.395. The van der Waals surface area contributed by atoms with Gasteiger partial charge in [-0.15, -0.1) is 0 Å². The topological polar surface area (TPSA) is 65.1 Å². The molecule has 0 aromatic rings. The fourth-order valence-electron chi connectivity index (χ4n) is 0.421. The second-order valence-corrected chi connectivity index (χ2v) is 2.03. The minimum atomic E-state index is -1.06. The molecule has 0 aromatic heterocycles. The van der Waals surface area contributed by atoms with E-state index in [1.54, 1.807) is 13.8 Å². The van der Waals surface area contributed by atoms with E-state index in [4.69, 9.17) is 11.8 Å². The maximum atomic E-state index is 10.7. The van der Waals surface area contributed by atoms with E-state index in [0.29, 0.717) is 0 Å². The molecule has 0 rings (SSSR count). The van der Waals surface area contributed by atoms with Crippen molar-refractivity contribution in [3.05, 3.63) is 0 Å². The van der Waals surface area contributed by atoms with Gasteiger partial charge in [0.2, 0.25) is 0 Å². The van der Waals surface area contributed by atoms with Gasteiger partial charge in [-0.3, -0.25) is 4.84 Å². The van der Waals surface area contributed by atoms with Gasteiger partial charge in [0, 0.05) is 0 Å². The third kappa shape index (κ3) is 5.13. The fraction of sp³-hybridized carbons (Fsp3) is 0.667. The van der Waals surface area contributed by atoms with Crippen LogP contribution in [0, 0.1) is 0 Å². The summed E-state index contributed by atoms with van der Waals surface area (Å²) in [5.41, 5.74) is 0. The number of carbonyl (C=O) groups excluding carboxylic acids is 2. The van der Waals surface area contributed by atoms with Crippen LogP contribution >= 0.6 is 11.8 Å². The molecule has 7 heteroatoms. The van der Waals surface area contributed by atoms with Crippen molar-refractivity contribution in [1.29, 1.82) is 0 Å². The van der Waals surface area contributed by atoms with E-state index in [-0.39, 0.29) is 17.8 Å². The van der Waals surface area contributed by atoms with Crippen molar-refractivity contribution in [2.45, 2.75) is 13.8 Å². The van der Waals surface area contributed by atoms with E-state index in [1.807, 2.05) is 0 Å². The van der Waals surface area contributed by atoms with Crippen LogP contribution in [0.3, 0.4) is 0 Å². The normalized spacial score (nSPS) is 8.85. The second kappa shape index (κ2) is 6.36. The molecule has 0 atom stereocenters. The predicted octanol–water partition coefficient (Wildman–Crippen LogP) is 1.69. The average molecular weight is 212 g/mol. The van der Waals surface area contributed by atoms with Gasteiger partial charge in [0.25, 0.3) is 0 Å². The van der Waals surface area contributed by atoms with Crippen molar-refractivity contribution in [2.24, 2.45) is 0 Å². The van der Waals surface area contributed by atoms with E-state index in [9.17, 15) is 9.59 Å². The molecule has 0 aliphatic rings. The molecule has 0 aliphatic heterocycles. The molecular formula is C6H10ClNO5. The molecule has 0 unspecified atom stereocenters. The molecule has 0 saturated carbocycles. The number of halogens is 1. The van der Waals surface area contributed by atoms with Crippen LogP contribution < -0.4 is 0 Å². The van der Waals surface area contributed by atoms with E-state index >= 15 is 0 Å². The SMILES string of the molecule is CCOC(=O)ON(Cl)C(=O)OCC. The number of amides is 1. The van der Waals surface area contributed by atoms with E-state index < -0.39 is 12.2 Å². The van der Waals surface area contributed by atoms with Gasteiger partial charge in [-0.05, 0) is 18.4 Å². The molecule has 1 amide bonds. The van der Waals surface area contributed by atoms with Crippen molar-refractivity contribution >= 4 is 24.0 Å². The largest absolute Gasteiger partial charge is 0.534 e. The lowest BCUT2D eigenvalue weighted by molar-refractivity contribution is -0.0544. The first kappa shape index (κ1) is 11.8. The first-order valence-corrected chi connectivity index (χ1v) is 3.93. The molecule has 6 nitrogen and oxygen atoms in total. The van der Waals surface area contributed by atoms with Crippen LogP contribution in [0.25, 0.3) is 0 Å². The monoisotopic (exact) mass is 211 g/mol. The fourth-order valence-corrected chi connectivity index (χ4v) is 0.526. The Labute approximate surface area is 80.4 Å². The number of carbonyl (C=O) groups is 2.